The van der Waals surface area contributed by atoms with Gasteiger partial charge in [-0.05, 0) is 19.4 Å². The van der Waals surface area contributed by atoms with E-state index in [9.17, 15) is 13.6 Å². The fourth-order valence-corrected chi connectivity index (χ4v) is 3.25. The molecule has 7 heteroatoms. The van der Waals surface area contributed by atoms with Crippen LogP contribution < -0.4 is 0 Å². The van der Waals surface area contributed by atoms with Crippen molar-refractivity contribution in [2.24, 2.45) is 0 Å². The third-order valence-corrected chi connectivity index (χ3v) is 4.62. The number of alkyl halides is 2. The molecular weight excluding hydrogens is 328 g/mol. The molecule has 2 aromatic rings. The molecule has 1 aliphatic heterocycles. The molecule has 1 atom stereocenters. The quantitative estimate of drug-likeness (QED) is 0.852. The van der Waals surface area contributed by atoms with E-state index in [-0.39, 0.29) is 18.4 Å². The molecule has 1 amide bonds. The molecule has 0 spiro atoms. The highest BCUT2D eigenvalue weighted by molar-refractivity contribution is 5.80. The summed E-state index contributed by atoms with van der Waals surface area (Å²) in [6, 6.07) is 9.54. The van der Waals surface area contributed by atoms with Crippen molar-refractivity contribution in [2.75, 3.05) is 19.8 Å². The number of hydrogen-bond donors (Lipinski definition) is 0. The maximum absolute atomic E-state index is 13.0. The Kier molecular flexibility index (Phi) is 5.13. The Hall–Kier alpha value is -2.28. The van der Waals surface area contributed by atoms with Crippen molar-refractivity contribution in [2.45, 2.75) is 32.9 Å². The molecule has 0 bridgehead atoms. The van der Waals surface area contributed by atoms with Crippen LogP contribution in [0.1, 0.15) is 35.1 Å². The van der Waals surface area contributed by atoms with Gasteiger partial charge in [-0.25, -0.2) is 4.68 Å². The number of ether oxygens (including phenoxy) is 1. The lowest BCUT2D eigenvalue weighted by molar-refractivity contribution is -0.139. The van der Waals surface area contributed by atoms with Crippen molar-refractivity contribution < 1.29 is 18.3 Å². The lowest BCUT2D eigenvalue weighted by Gasteiger charge is -2.36. The Morgan fingerprint density at radius 2 is 2.04 bits per heavy atom. The van der Waals surface area contributed by atoms with Gasteiger partial charge in [-0.3, -0.25) is 4.79 Å². The third-order valence-electron chi connectivity index (χ3n) is 4.62. The number of carbonyl (C=O) groups excluding carboxylic acids is 1. The molecule has 1 aliphatic rings. The zero-order valence-corrected chi connectivity index (χ0v) is 14.3. The molecule has 5 nitrogen and oxygen atoms in total. The molecule has 2 heterocycles. The number of carbonyl (C=O) groups is 1. The van der Waals surface area contributed by atoms with Crippen LogP contribution in [0.15, 0.2) is 30.3 Å². The zero-order chi connectivity index (χ0) is 18.0. The summed E-state index contributed by atoms with van der Waals surface area (Å²) >= 11 is 0. The summed E-state index contributed by atoms with van der Waals surface area (Å²) in [5.41, 5.74) is 2.39. The Bertz CT molecular complexity index is 746. The second kappa shape index (κ2) is 7.31. The minimum absolute atomic E-state index is 0.0632. The monoisotopic (exact) mass is 349 g/mol. The smallest absolute Gasteiger partial charge is 0.333 e. The minimum Gasteiger partial charge on any atom is -0.377 e. The molecule has 1 aromatic carbocycles. The van der Waals surface area contributed by atoms with Gasteiger partial charge in [0.2, 0.25) is 5.91 Å². The van der Waals surface area contributed by atoms with E-state index >= 15 is 0 Å². The van der Waals surface area contributed by atoms with Gasteiger partial charge in [0.15, 0.2) is 0 Å². The van der Waals surface area contributed by atoms with Crippen molar-refractivity contribution in [1.82, 2.24) is 14.7 Å². The first-order valence-electron chi connectivity index (χ1n) is 8.24. The molecule has 3 rings (SSSR count). The van der Waals surface area contributed by atoms with Crippen LogP contribution in [0, 0.1) is 13.8 Å². The minimum atomic E-state index is -2.71. The van der Waals surface area contributed by atoms with Crippen LogP contribution in [0.4, 0.5) is 8.78 Å². The van der Waals surface area contributed by atoms with Crippen LogP contribution in [0.25, 0.3) is 0 Å². The van der Waals surface area contributed by atoms with Crippen molar-refractivity contribution in [3.8, 4) is 0 Å². The summed E-state index contributed by atoms with van der Waals surface area (Å²) in [4.78, 5) is 14.7. The summed E-state index contributed by atoms with van der Waals surface area (Å²) in [6.07, 6.45) is 0.0632. The van der Waals surface area contributed by atoms with Crippen LogP contribution in [0.5, 0.6) is 0 Å². The molecule has 1 fully saturated rings. The van der Waals surface area contributed by atoms with Gasteiger partial charge in [-0.1, -0.05) is 30.3 Å². The van der Waals surface area contributed by atoms with Gasteiger partial charge in [0.1, 0.15) is 0 Å². The molecule has 0 unspecified atom stereocenters. The van der Waals surface area contributed by atoms with E-state index in [1.807, 2.05) is 30.3 Å². The van der Waals surface area contributed by atoms with Crippen molar-refractivity contribution in [3.63, 3.8) is 0 Å². The van der Waals surface area contributed by atoms with E-state index in [0.29, 0.717) is 41.4 Å². The predicted octanol–water partition coefficient (Wildman–Crippen LogP) is 3.04. The van der Waals surface area contributed by atoms with Gasteiger partial charge in [-0.15, -0.1) is 0 Å². The van der Waals surface area contributed by atoms with Gasteiger partial charge in [-0.2, -0.15) is 13.9 Å². The van der Waals surface area contributed by atoms with Gasteiger partial charge >= 0.3 is 6.55 Å². The van der Waals surface area contributed by atoms with E-state index in [4.69, 9.17) is 4.74 Å². The Labute approximate surface area is 145 Å². The zero-order valence-electron chi connectivity index (χ0n) is 14.3. The van der Waals surface area contributed by atoms with Crippen LogP contribution in [-0.2, 0) is 16.0 Å². The van der Waals surface area contributed by atoms with Crippen LogP contribution in [0.2, 0.25) is 0 Å². The van der Waals surface area contributed by atoms with Gasteiger partial charge in [0.05, 0.1) is 31.4 Å². The maximum atomic E-state index is 13.0. The summed E-state index contributed by atoms with van der Waals surface area (Å²) in [5.74, 6) is -0.0998. The number of aryl methyl sites for hydroxylation is 1. The normalized spacial score (nSPS) is 18.0. The highest BCUT2D eigenvalue weighted by Crippen LogP contribution is 2.26. The highest BCUT2D eigenvalue weighted by Gasteiger charge is 2.30. The third kappa shape index (κ3) is 3.56. The predicted molar refractivity (Wildman–Crippen MR) is 88.4 cm³/mol. The first kappa shape index (κ1) is 17.5. The van der Waals surface area contributed by atoms with Crippen molar-refractivity contribution in [1.29, 1.82) is 0 Å². The van der Waals surface area contributed by atoms with E-state index in [2.05, 4.69) is 5.10 Å². The number of benzene rings is 1. The van der Waals surface area contributed by atoms with Gasteiger partial charge in [0, 0.05) is 17.8 Å². The van der Waals surface area contributed by atoms with Crippen LogP contribution in [0.3, 0.4) is 0 Å². The molecule has 0 saturated carbocycles. The second-order valence-electron chi connectivity index (χ2n) is 6.14. The molecule has 0 N–H and O–H groups in total. The van der Waals surface area contributed by atoms with Crippen molar-refractivity contribution >= 4 is 5.91 Å². The number of nitrogens with zero attached hydrogens (tertiary/aromatic N) is 3. The first-order chi connectivity index (χ1) is 12.0. The lowest BCUT2D eigenvalue weighted by atomic mass is 10.0. The number of amides is 1. The Balaban J connectivity index is 1.82. The summed E-state index contributed by atoms with van der Waals surface area (Å²) in [7, 11) is 0. The number of rotatable bonds is 4. The van der Waals surface area contributed by atoms with E-state index in [1.54, 1.807) is 18.7 Å². The Morgan fingerprint density at radius 3 is 2.68 bits per heavy atom. The molecule has 0 aliphatic carbocycles. The lowest BCUT2D eigenvalue weighted by Crippen LogP contribution is -2.44. The van der Waals surface area contributed by atoms with Crippen LogP contribution >= 0.6 is 0 Å². The summed E-state index contributed by atoms with van der Waals surface area (Å²) in [5, 5.41) is 3.86. The molecule has 0 radical (unpaired) electrons. The summed E-state index contributed by atoms with van der Waals surface area (Å²) in [6.45, 7) is 1.92. The number of hydrogen-bond acceptors (Lipinski definition) is 3. The van der Waals surface area contributed by atoms with E-state index < -0.39 is 6.55 Å². The standard InChI is InChI=1S/C18H21F2N3O2/c1-12-15(13(2)23(21-12)18(19)20)10-17(24)22-8-9-25-11-16(22)14-6-4-3-5-7-14/h3-7,16,18H,8-11H2,1-2H3/t16-/m0/s1. The van der Waals surface area contributed by atoms with Gasteiger partial charge < -0.3 is 9.64 Å². The fourth-order valence-electron chi connectivity index (χ4n) is 3.25. The van der Waals surface area contributed by atoms with Gasteiger partial charge in [0.25, 0.3) is 0 Å². The van der Waals surface area contributed by atoms with E-state index in [0.717, 1.165) is 5.56 Å². The van der Waals surface area contributed by atoms with Crippen LogP contribution in [-0.4, -0.2) is 40.3 Å². The fraction of sp³-hybridized carbons (Fsp3) is 0.444. The highest BCUT2D eigenvalue weighted by atomic mass is 19.3. The number of aromatic nitrogens is 2. The maximum Gasteiger partial charge on any atom is 0.333 e. The van der Waals surface area contributed by atoms with Crippen molar-refractivity contribution in [3.05, 3.63) is 52.8 Å². The molecular formula is C18H21F2N3O2. The largest absolute Gasteiger partial charge is 0.377 e. The molecule has 25 heavy (non-hydrogen) atoms. The number of halogens is 2. The second-order valence-corrected chi connectivity index (χ2v) is 6.14. The molecule has 134 valence electrons. The van der Waals surface area contributed by atoms with E-state index in [1.165, 1.54) is 0 Å². The molecule has 1 saturated heterocycles. The average molecular weight is 349 g/mol. The topological polar surface area (TPSA) is 47.4 Å². The average Bonchev–Trinajstić information content (AvgIpc) is 2.91. The Morgan fingerprint density at radius 1 is 1.32 bits per heavy atom. The SMILES string of the molecule is Cc1nn(C(F)F)c(C)c1CC(=O)N1CCOC[C@H]1c1ccccc1. The first-order valence-corrected chi connectivity index (χ1v) is 8.24. The molecule has 1 aromatic heterocycles. The summed E-state index contributed by atoms with van der Waals surface area (Å²) < 4.78 is 32.2. The number of morpholine rings is 1.